The van der Waals surface area contributed by atoms with Gasteiger partial charge in [-0.15, -0.1) is 0 Å². The van der Waals surface area contributed by atoms with Crippen LogP contribution < -0.4 is 11.0 Å². The lowest BCUT2D eigenvalue weighted by atomic mass is 9.91. The summed E-state index contributed by atoms with van der Waals surface area (Å²) >= 11 is 0. The van der Waals surface area contributed by atoms with Gasteiger partial charge in [0.1, 0.15) is 0 Å². The molecule has 0 aliphatic carbocycles. The Labute approximate surface area is 93.1 Å². The number of hydrogen-bond donors (Lipinski definition) is 3. The van der Waals surface area contributed by atoms with E-state index >= 15 is 0 Å². The van der Waals surface area contributed by atoms with Gasteiger partial charge < -0.3 is 15.3 Å². The van der Waals surface area contributed by atoms with Gasteiger partial charge in [0.05, 0.1) is 11.0 Å². The summed E-state index contributed by atoms with van der Waals surface area (Å²) in [5.74, 6) is 0.580. The van der Waals surface area contributed by atoms with Crippen molar-refractivity contribution in [2.75, 3.05) is 13.1 Å². The molecule has 3 N–H and O–H groups in total. The number of H-pyrrole nitrogens is 2. The van der Waals surface area contributed by atoms with Crippen LogP contribution in [0.3, 0.4) is 0 Å². The van der Waals surface area contributed by atoms with E-state index in [0.717, 1.165) is 24.1 Å². The third-order valence-corrected chi connectivity index (χ3v) is 3.31. The minimum Gasteiger partial charge on any atom is -0.316 e. The Morgan fingerprint density at radius 3 is 2.88 bits per heavy atom. The van der Waals surface area contributed by atoms with E-state index in [0.29, 0.717) is 5.92 Å². The highest BCUT2D eigenvalue weighted by molar-refractivity contribution is 5.75. The van der Waals surface area contributed by atoms with E-state index in [2.05, 4.69) is 27.4 Å². The molecule has 1 fully saturated rings. The molecule has 1 saturated heterocycles. The first kappa shape index (κ1) is 9.66. The van der Waals surface area contributed by atoms with Crippen LogP contribution in [0.1, 0.15) is 24.3 Å². The van der Waals surface area contributed by atoms with Gasteiger partial charge in [-0.05, 0) is 43.0 Å². The Hall–Kier alpha value is -1.55. The fourth-order valence-corrected chi connectivity index (χ4v) is 2.44. The molecule has 1 aromatic carbocycles. The summed E-state index contributed by atoms with van der Waals surface area (Å²) in [5.41, 5.74) is 2.98. The lowest BCUT2D eigenvalue weighted by Crippen LogP contribution is -2.28. The summed E-state index contributed by atoms with van der Waals surface area (Å²) in [5, 5.41) is 3.41. The molecular formula is C12H15N3O. The zero-order valence-corrected chi connectivity index (χ0v) is 9.05. The van der Waals surface area contributed by atoms with E-state index in [4.69, 9.17) is 0 Å². The van der Waals surface area contributed by atoms with E-state index in [1.54, 1.807) is 0 Å². The van der Waals surface area contributed by atoms with Crippen molar-refractivity contribution in [3.63, 3.8) is 0 Å². The van der Waals surface area contributed by atoms with Crippen LogP contribution in [0.5, 0.6) is 0 Å². The number of rotatable bonds is 1. The van der Waals surface area contributed by atoms with Crippen molar-refractivity contribution in [1.82, 2.24) is 15.3 Å². The van der Waals surface area contributed by atoms with Gasteiger partial charge in [-0.2, -0.15) is 0 Å². The highest BCUT2D eigenvalue weighted by atomic mass is 16.1. The molecule has 4 nitrogen and oxygen atoms in total. The average molecular weight is 217 g/mol. The number of piperidine rings is 1. The van der Waals surface area contributed by atoms with Gasteiger partial charge in [0.25, 0.3) is 0 Å². The number of imidazole rings is 1. The lowest BCUT2D eigenvalue weighted by Gasteiger charge is -2.23. The van der Waals surface area contributed by atoms with Crippen LogP contribution in [0.2, 0.25) is 0 Å². The van der Waals surface area contributed by atoms with Gasteiger partial charge >= 0.3 is 5.69 Å². The Morgan fingerprint density at radius 2 is 2.06 bits per heavy atom. The quantitative estimate of drug-likeness (QED) is 0.674. The van der Waals surface area contributed by atoms with Crippen LogP contribution in [0.15, 0.2) is 23.0 Å². The van der Waals surface area contributed by atoms with Crippen molar-refractivity contribution < 1.29 is 0 Å². The maximum Gasteiger partial charge on any atom is 0.323 e. The first-order chi connectivity index (χ1) is 7.83. The number of benzene rings is 1. The molecule has 16 heavy (non-hydrogen) atoms. The second-order valence-electron chi connectivity index (χ2n) is 4.43. The van der Waals surface area contributed by atoms with Gasteiger partial charge in [0.15, 0.2) is 0 Å². The molecule has 1 aromatic heterocycles. The molecule has 0 bridgehead atoms. The Kier molecular flexibility index (Phi) is 2.29. The second-order valence-corrected chi connectivity index (χ2v) is 4.43. The molecule has 1 aliphatic heterocycles. The number of aromatic amines is 2. The third kappa shape index (κ3) is 1.65. The number of hydrogen-bond acceptors (Lipinski definition) is 2. The summed E-state index contributed by atoms with van der Waals surface area (Å²) in [6.07, 6.45) is 2.46. The van der Waals surface area contributed by atoms with Crippen molar-refractivity contribution in [3.05, 3.63) is 34.2 Å². The molecular weight excluding hydrogens is 202 g/mol. The monoisotopic (exact) mass is 217 g/mol. The van der Waals surface area contributed by atoms with Crippen LogP contribution in [-0.2, 0) is 0 Å². The molecule has 1 aliphatic rings. The van der Waals surface area contributed by atoms with E-state index in [1.165, 1.54) is 18.4 Å². The fourth-order valence-electron chi connectivity index (χ4n) is 2.44. The van der Waals surface area contributed by atoms with E-state index in [-0.39, 0.29) is 5.69 Å². The molecule has 4 heteroatoms. The summed E-state index contributed by atoms with van der Waals surface area (Å²) in [7, 11) is 0. The first-order valence-corrected chi connectivity index (χ1v) is 5.75. The normalized spacial score (nSPS) is 21.4. The SMILES string of the molecule is O=c1[nH]c2ccc(C3CCCNC3)cc2[nH]1. The van der Waals surface area contributed by atoms with Crippen LogP contribution in [0, 0.1) is 0 Å². The highest BCUT2D eigenvalue weighted by Crippen LogP contribution is 2.24. The molecule has 2 heterocycles. The maximum absolute atomic E-state index is 11.2. The van der Waals surface area contributed by atoms with Crippen LogP contribution in [0.25, 0.3) is 11.0 Å². The zero-order chi connectivity index (χ0) is 11.0. The van der Waals surface area contributed by atoms with Crippen LogP contribution >= 0.6 is 0 Å². The average Bonchev–Trinajstić information content (AvgIpc) is 2.69. The van der Waals surface area contributed by atoms with E-state index < -0.39 is 0 Å². The van der Waals surface area contributed by atoms with Crippen molar-refractivity contribution in [3.8, 4) is 0 Å². The molecule has 1 atom stereocenters. The van der Waals surface area contributed by atoms with Gasteiger partial charge in [-0.25, -0.2) is 4.79 Å². The van der Waals surface area contributed by atoms with Gasteiger partial charge in [0, 0.05) is 6.54 Å². The van der Waals surface area contributed by atoms with Crippen molar-refractivity contribution in [2.45, 2.75) is 18.8 Å². The smallest absolute Gasteiger partial charge is 0.316 e. The predicted molar refractivity (Wildman–Crippen MR) is 63.8 cm³/mol. The number of fused-ring (bicyclic) bond motifs is 1. The highest BCUT2D eigenvalue weighted by Gasteiger charge is 2.15. The van der Waals surface area contributed by atoms with Gasteiger partial charge in [0.2, 0.25) is 0 Å². The topological polar surface area (TPSA) is 60.7 Å². The molecule has 0 radical (unpaired) electrons. The van der Waals surface area contributed by atoms with E-state index in [9.17, 15) is 4.79 Å². The van der Waals surface area contributed by atoms with Gasteiger partial charge in [-0.3, -0.25) is 0 Å². The molecule has 0 saturated carbocycles. The Morgan fingerprint density at radius 1 is 1.19 bits per heavy atom. The van der Waals surface area contributed by atoms with Crippen LogP contribution in [0.4, 0.5) is 0 Å². The third-order valence-electron chi connectivity index (χ3n) is 3.31. The predicted octanol–water partition coefficient (Wildman–Crippen LogP) is 1.32. The largest absolute Gasteiger partial charge is 0.323 e. The minimum absolute atomic E-state index is 0.131. The van der Waals surface area contributed by atoms with Gasteiger partial charge in [-0.1, -0.05) is 6.07 Å². The van der Waals surface area contributed by atoms with E-state index in [1.807, 2.05) is 6.07 Å². The molecule has 1 unspecified atom stereocenters. The van der Waals surface area contributed by atoms with Crippen LogP contribution in [-0.4, -0.2) is 23.1 Å². The molecule has 2 aromatic rings. The maximum atomic E-state index is 11.2. The molecule has 0 amide bonds. The molecule has 84 valence electrons. The molecule has 0 spiro atoms. The lowest BCUT2D eigenvalue weighted by molar-refractivity contribution is 0.462. The Balaban J connectivity index is 2.00. The summed E-state index contributed by atoms with van der Waals surface area (Å²) in [4.78, 5) is 16.7. The summed E-state index contributed by atoms with van der Waals surface area (Å²) in [6.45, 7) is 2.17. The zero-order valence-electron chi connectivity index (χ0n) is 9.05. The minimum atomic E-state index is -0.131. The Bertz CT molecular complexity index is 549. The number of nitrogens with one attached hydrogen (secondary N) is 3. The fraction of sp³-hybridized carbons (Fsp3) is 0.417. The second kappa shape index (κ2) is 3.79. The summed E-state index contributed by atoms with van der Waals surface area (Å²) in [6, 6.07) is 6.19. The molecule has 3 rings (SSSR count). The standard InChI is InChI=1S/C12H15N3O/c16-12-14-10-4-3-8(6-11(10)15-12)9-2-1-5-13-7-9/h3-4,6,9,13H,1-2,5,7H2,(H2,14,15,16). The van der Waals surface area contributed by atoms with Crippen molar-refractivity contribution >= 4 is 11.0 Å². The van der Waals surface area contributed by atoms with Crippen molar-refractivity contribution in [2.24, 2.45) is 0 Å². The summed E-state index contributed by atoms with van der Waals surface area (Å²) < 4.78 is 0. The van der Waals surface area contributed by atoms with Crippen molar-refractivity contribution in [1.29, 1.82) is 0 Å². The first-order valence-electron chi connectivity index (χ1n) is 5.75. The number of aromatic nitrogens is 2.